The second-order valence-corrected chi connectivity index (χ2v) is 6.53. The minimum absolute atomic E-state index is 0.0769. The maximum Gasteiger partial charge on any atom is 0.287 e. The van der Waals surface area contributed by atoms with Crippen molar-refractivity contribution in [2.24, 2.45) is 0 Å². The fourth-order valence-corrected chi connectivity index (χ4v) is 3.05. The van der Waals surface area contributed by atoms with E-state index in [4.69, 9.17) is 8.94 Å². The third-order valence-electron chi connectivity index (χ3n) is 4.43. The summed E-state index contributed by atoms with van der Waals surface area (Å²) < 4.78 is 12.0. The summed E-state index contributed by atoms with van der Waals surface area (Å²) >= 11 is 0. The van der Waals surface area contributed by atoms with E-state index in [9.17, 15) is 9.59 Å². The van der Waals surface area contributed by atoms with Gasteiger partial charge in [0.25, 0.3) is 11.5 Å². The summed E-state index contributed by atoms with van der Waals surface area (Å²) in [6, 6.07) is 8.68. The van der Waals surface area contributed by atoms with E-state index in [0.29, 0.717) is 29.1 Å². The van der Waals surface area contributed by atoms with Crippen LogP contribution in [0.5, 0.6) is 0 Å². The molecule has 4 rings (SSSR count). The normalized spacial score (nSPS) is 11.1. The lowest BCUT2D eigenvalue weighted by molar-refractivity contribution is 0.0918. The number of aromatic nitrogens is 4. The molecular weight excluding hydrogens is 374 g/mol. The molecule has 1 aromatic carbocycles. The van der Waals surface area contributed by atoms with Gasteiger partial charge in [0.1, 0.15) is 5.69 Å². The van der Waals surface area contributed by atoms with Crippen molar-refractivity contribution in [3.05, 3.63) is 64.3 Å². The van der Waals surface area contributed by atoms with Crippen LogP contribution in [0.1, 0.15) is 35.5 Å². The molecule has 0 aliphatic rings. The predicted octanol–water partition coefficient (Wildman–Crippen LogP) is 2.69. The van der Waals surface area contributed by atoms with E-state index in [2.05, 4.69) is 20.4 Å². The van der Waals surface area contributed by atoms with Gasteiger partial charge in [0, 0.05) is 12.1 Å². The quantitative estimate of drug-likeness (QED) is 0.535. The third kappa shape index (κ3) is 3.66. The van der Waals surface area contributed by atoms with Gasteiger partial charge in [0.15, 0.2) is 5.76 Å². The van der Waals surface area contributed by atoms with Gasteiger partial charge in [-0.25, -0.2) is 4.98 Å². The zero-order valence-corrected chi connectivity index (χ0v) is 16.0. The Hall–Kier alpha value is -3.75. The Kier molecular flexibility index (Phi) is 4.94. The van der Waals surface area contributed by atoms with Crippen LogP contribution in [0.2, 0.25) is 0 Å². The minimum atomic E-state index is -0.367. The van der Waals surface area contributed by atoms with Gasteiger partial charge in [-0.1, -0.05) is 12.1 Å². The van der Waals surface area contributed by atoms with Gasteiger partial charge in [-0.15, -0.1) is 0 Å². The van der Waals surface area contributed by atoms with Crippen molar-refractivity contribution >= 4 is 16.9 Å². The molecule has 0 aliphatic heterocycles. The molecule has 1 N–H and O–H groups in total. The maximum absolute atomic E-state index is 12.4. The van der Waals surface area contributed by atoms with Crippen molar-refractivity contribution < 1.29 is 13.7 Å². The molecule has 0 unspecified atom stereocenters. The average molecular weight is 393 g/mol. The summed E-state index contributed by atoms with van der Waals surface area (Å²) in [5.74, 6) is 0.481. The van der Waals surface area contributed by atoms with Crippen molar-refractivity contribution in [1.82, 2.24) is 25.0 Å². The van der Waals surface area contributed by atoms with Crippen molar-refractivity contribution in [1.29, 1.82) is 0 Å². The molecule has 0 radical (unpaired) electrons. The zero-order chi connectivity index (χ0) is 20.4. The number of benzene rings is 1. The minimum Gasteiger partial charge on any atom is -0.459 e. The molecule has 0 spiro atoms. The van der Waals surface area contributed by atoms with Gasteiger partial charge in [-0.3, -0.25) is 9.59 Å². The largest absolute Gasteiger partial charge is 0.459 e. The molecular formula is C20H19N5O4. The second kappa shape index (κ2) is 7.70. The van der Waals surface area contributed by atoms with E-state index in [1.165, 1.54) is 6.26 Å². The summed E-state index contributed by atoms with van der Waals surface area (Å²) in [6.45, 7) is 4.43. The lowest BCUT2D eigenvalue weighted by Gasteiger charge is -2.10. The van der Waals surface area contributed by atoms with Gasteiger partial charge in [-0.2, -0.15) is 4.98 Å². The molecule has 0 saturated heterocycles. The third-order valence-corrected chi connectivity index (χ3v) is 4.43. The molecule has 0 aliphatic carbocycles. The first kappa shape index (κ1) is 18.6. The highest BCUT2D eigenvalue weighted by Crippen LogP contribution is 2.21. The number of hydrogen-bond acceptors (Lipinski definition) is 7. The maximum atomic E-state index is 12.4. The number of nitrogens with one attached hydrogen (secondary N) is 1. The van der Waals surface area contributed by atoms with E-state index >= 15 is 0 Å². The predicted molar refractivity (Wildman–Crippen MR) is 104 cm³/mol. The van der Waals surface area contributed by atoms with Crippen LogP contribution in [0.4, 0.5) is 0 Å². The van der Waals surface area contributed by atoms with E-state index < -0.39 is 0 Å². The standard InChI is InChI=1S/C20H19N5O4/c1-3-8-25-15-7-6-13(10-14(15)22-12(2)20(25)27)18-23-17(29-24-18)11-21-19(26)16-5-4-9-28-16/h4-7,9-10H,3,8,11H2,1-2H3,(H,21,26). The van der Waals surface area contributed by atoms with E-state index in [1.807, 2.05) is 25.1 Å². The zero-order valence-electron chi connectivity index (χ0n) is 16.0. The number of furan rings is 1. The Morgan fingerprint density at radius 3 is 2.86 bits per heavy atom. The highest BCUT2D eigenvalue weighted by atomic mass is 16.5. The van der Waals surface area contributed by atoms with Crippen LogP contribution in [0.3, 0.4) is 0 Å². The number of aryl methyl sites for hydroxylation is 2. The SMILES string of the molecule is CCCn1c(=O)c(C)nc2cc(-c3noc(CNC(=O)c4ccco4)n3)ccc21. The summed E-state index contributed by atoms with van der Waals surface area (Å²) in [7, 11) is 0. The van der Waals surface area contributed by atoms with Gasteiger partial charge in [0.05, 0.1) is 23.8 Å². The fraction of sp³-hybridized carbons (Fsp3) is 0.250. The Morgan fingerprint density at radius 2 is 2.10 bits per heavy atom. The van der Waals surface area contributed by atoms with Crippen molar-refractivity contribution in [2.45, 2.75) is 33.4 Å². The molecule has 0 fully saturated rings. The molecule has 3 aromatic heterocycles. The first-order valence-corrected chi connectivity index (χ1v) is 9.22. The Bertz CT molecular complexity index is 1220. The number of nitrogens with zero attached hydrogens (tertiary/aromatic N) is 4. The van der Waals surface area contributed by atoms with Crippen molar-refractivity contribution in [3.8, 4) is 11.4 Å². The molecule has 9 heteroatoms. The molecule has 4 aromatic rings. The van der Waals surface area contributed by atoms with Crippen LogP contribution in [-0.2, 0) is 13.1 Å². The second-order valence-electron chi connectivity index (χ2n) is 6.53. The average Bonchev–Trinajstić information content (AvgIpc) is 3.41. The summed E-state index contributed by atoms with van der Waals surface area (Å²) in [5, 5.41) is 6.63. The Balaban J connectivity index is 1.58. The molecule has 0 saturated carbocycles. The number of carbonyl (C=O) groups is 1. The van der Waals surface area contributed by atoms with E-state index in [-0.39, 0.29) is 29.7 Å². The van der Waals surface area contributed by atoms with Crippen LogP contribution in [0.25, 0.3) is 22.4 Å². The van der Waals surface area contributed by atoms with Gasteiger partial charge in [-0.05, 0) is 43.7 Å². The van der Waals surface area contributed by atoms with Gasteiger partial charge >= 0.3 is 0 Å². The number of amides is 1. The molecule has 1 amide bonds. The Labute approximate surface area is 165 Å². The Morgan fingerprint density at radius 1 is 1.24 bits per heavy atom. The lowest BCUT2D eigenvalue weighted by atomic mass is 10.1. The van der Waals surface area contributed by atoms with Crippen LogP contribution in [0, 0.1) is 6.92 Å². The molecule has 0 bridgehead atoms. The van der Waals surface area contributed by atoms with Crippen LogP contribution < -0.4 is 10.9 Å². The van der Waals surface area contributed by atoms with Crippen LogP contribution >= 0.6 is 0 Å². The van der Waals surface area contributed by atoms with Crippen molar-refractivity contribution in [3.63, 3.8) is 0 Å². The van der Waals surface area contributed by atoms with Crippen molar-refractivity contribution in [2.75, 3.05) is 0 Å². The molecule has 29 heavy (non-hydrogen) atoms. The van der Waals surface area contributed by atoms with Gasteiger partial charge in [0.2, 0.25) is 11.7 Å². The number of carbonyl (C=O) groups excluding carboxylic acids is 1. The first-order chi connectivity index (χ1) is 14.1. The first-order valence-electron chi connectivity index (χ1n) is 9.22. The highest BCUT2D eigenvalue weighted by Gasteiger charge is 2.14. The number of fused-ring (bicyclic) bond motifs is 1. The smallest absolute Gasteiger partial charge is 0.287 e. The van der Waals surface area contributed by atoms with Crippen LogP contribution in [-0.4, -0.2) is 25.6 Å². The van der Waals surface area contributed by atoms with E-state index in [0.717, 1.165) is 11.9 Å². The molecule has 148 valence electrons. The molecule has 3 heterocycles. The number of rotatable bonds is 6. The topological polar surface area (TPSA) is 116 Å². The fourth-order valence-electron chi connectivity index (χ4n) is 3.05. The monoisotopic (exact) mass is 393 g/mol. The molecule has 0 atom stereocenters. The molecule has 9 nitrogen and oxygen atoms in total. The summed E-state index contributed by atoms with van der Waals surface area (Å²) in [6.07, 6.45) is 2.27. The van der Waals surface area contributed by atoms with Gasteiger partial charge < -0.3 is 18.8 Å². The van der Waals surface area contributed by atoms with Crippen LogP contribution in [0.15, 0.2) is 50.3 Å². The lowest BCUT2D eigenvalue weighted by Crippen LogP contribution is -2.24. The van der Waals surface area contributed by atoms with E-state index in [1.54, 1.807) is 23.6 Å². The highest BCUT2D eigenvalue weighted by molar-refractivity contribution is 5.91. The number of hydrogen-bond donors (Lipinski definition) is 1. The summed E-state index contributed by atoms with van der Waals surface area (Å²) in [4.78, 5) is 33.0. The summed E-state index contributed by atoms with van der Waals surface area (Å²) in [5.41, 5.74) is 2.52.